The van der Waals surface area contributed by atoms with E-state index < -0.39 is 11.4 Å². The molecule has 1 aromatic rings. The molecular weight excluding hydrogens is 270 g/mol. The van der Waals surface area contributed by atoms with Gasteiger partial charge >= 0.3 is 5.97 Å². The molecule has 1 aromatic carbocycles. The number of para-hydroxylation sites is 2. The Hall–Kier alpha value is -1.75. The third-order valence-corrected chi connectivity index (χ3v) is 4.03. The quantitative estimate of drug-likeness (QED) is 0.872. The highest BCUT2D eigenvalue weighted by atomic mass is 16.5. The predicted octanol–water partition coefficient (Wildman–Crippen LogP) is 2.26. The van der Waals surface area contributed by atoms with Crippen LogP contribution >= 0.6 is 0 Å². The summed E-state index contributed by atoms with van der Waals surface area (Å²) < 4.78 is 11.0. The molecular formula is C16H23NO4. The summed E-state index contributed by atoms with van der Waals surface area (Å²) in [7, 11) is 1.62. The van der Waals surface area contributed by atoms with Crippen LogP contribution in [0.1, 0.15) is 19.8 Å². The number of nitrogens with zero attached hydrogens (tertiary/aromatic N) is 1. The van der Waals surface area contributed by atoms with E-state index >= 15 is 0 Å². The Morgan fingerprint density at radius 3 is 2.76 bits per heavy atom. The average molecular weight is 293 g/mol. The van der Waals surface area contributed by atoms with E-state index in [1.165, 1.54) is 0 Å². The van der Waals surface area contributed by atoms with Gasteiger partial charge in [-0.25, -0.2) is 0 Å². The first-order valence-corrected chi connectivity index (χ1v) is 7.27. The Morgan fingerprint density at radius 2 is 2.10 bits per heavy atom. The van der Waals surface area contributed by atoms with Crippen LogP contribution in [0.5, 0.6) is 11.5 Å². The van der Waals surface area contributed by atoms with Crippen LogP contribution in [0.15, 0.2) is 24.3 Å². The summed E-state index contributed by atoms with van der Waals surface area (Å²) in [6.45, 7) is 4.58. The van der Waals surface area contributed by atoms with Crippen molar-refractivity contribution in [3.63, 3.8) is 0 Å². The highest BCUT2D eigenvalue weighted by Crippen LogP contribution is 2.30. The summed E-state index contributed by atoms with van der Waals surface area (Å²) in [5.74, 6) is 0.724. The fraction of sp³-hybridized carbons (Fsp3) is 0.562. The van der Waals surface area contributed by atoms with E-state index in [0.717, 1.165) is 31.7 Å². The van der Waals surface area contributed by atoms with Crippen molar-refractivity contribution in [3.05, 3.63) is 24.3 Å². The van der Waals surface area contributed by atoms with Crippen LogP contribution < -0.4 is 9.47 Å². The molecule has 1 saturated heterocycles. The fourth-order valence-corrected chi connectivity index (χ4v) is 2.73. The third-order valence-electron chi connectivity index (χ3n) is 4.03. The maximum atomic E-state index is 11.3. The molecule has 0 spiro atoms. The highest BCUT2D eigenvalue weighted by molar-refractivity contribution is 5.74. The zero-order chi connectivity index (χ0) is 15.3. The van der Waals surface area contributed by atoms with E-state index in [9.17, 15) is 9.90 Å². The first-order valence-electron chi connectivity index (χ1n) is 7.27. The van der Waals surface area contributed by atoms with E-state index in [1.807, 2.05) is 31.2 Å². The molecule has 1 unspecified atom stereocenters. The molecule has 21 heavy (non-hydrogen) atoms. The number of carboxylic acids is 1. The molecule has 0 amide bonds. The lowest BCUT2D eigenvalue weighted by Crippen LogP contribution is -2.47. The molecule has 0 saturated carbocycles. The Morgan fingerprint density at radius 1 is 1.38 bits per heavy atom. The second kappa shape index (κ2) is 6.80. The summed E-state index contributed by atoms with van der Waals surface area (Å²) >= 11 is 0. The van der Waals surface area contributed by atoms with Crippen molar-refractivity contribution in [2.45, 2.75) is 19.8 Å². The number of likely N-dealkylation sites (tertiary alicyclic amines) is 1. The van der Waals surface area contributed by atoms with Crippen LogP contribution in [-0.4, -0.2) is 49.3 Å². The molecule has 1 aliphatic heterocycles. The van der Waals surface area contributed by atoms with Gasteiger partial charge in [-0.1, -0.05) is 12.1 Å². The van der Waals surface area contributed by atoms with Gasteiger partial charge in [0.1, 0.15) is 6.61 Å². The Balaban J connectivity index is 1.85. The van der Waals surface area contributed by atoms with Crippen molar-refractivity contribution in [1.82, 2.24) is 4.90 Å². The highest BCUT2D eigenvalue weighted by Gasteiger charge is 2.37. The maximum Gasteiger partial charge on any atom is 0.310 e. The molecule has 0 bridgehead atoms. The largest absolute Gasteiger partial charge is 0.493 e. The van der Waals surface area contributed by atoms with Gasteiger partial charge in [0.2, 0.25) is 0 Å². The van der Waals surface area contributed by atoms with Gasteiger partial charge in [-0.15, -0.1) is 0 Å². The van der Waals surface area contributed by atoms with Crippen LogP contribution in [0, 0.1) is 5.41 Å². The number of aliphatic carboxylic acids is 1. The smallest absolute Gasteiger partial charge is 0.310 e. The minimum Gasteiger partial charge on any atom is -0.493 e. The van der Waals surface area contributed by atoms with Gasteiger partial charge < -0.3 is 14.6 Å². The topological polar surface area (TPSA) is 59.0 Å². The zero-order valence-corrected chi connectivity index (χ0v) is 12.7. The molecule has 1 N–H and O–H groups in total. The van der Waals surface area contributed by atoms with Crippen molar-refractivity contribution in [3.8, 4) is 11.5 Å². The minimum absolute atomic E-state index is 0.524. The van der Waals surface area contributed by atoms with Gasteiger partial charge in [0, 0.05) is 13.1 Å². The number of methoxy groups -OCH3 is 1. The Kier molecular flexibility index (Phi) is 5.07. The molecule has 1 heterocycles. The lowest BCUT2D eigenvalue weighted by atomic mass is 9.82. The van der Waals surface area contributed by atoms with E-state index in [1.54, 1.807) is 7.11 Å². The monoisotopic (exact) mass is 293 g/mol. The molecule has 1 fully saturated rings. The molecule has 2 rings (SSSR count). The number of ether oxygens (including phenoxy) is 2. The molecule has 0 aromatic heterocycles. The summed E-state index contributed by atoms with van der Waals surface area (Å²) in [4.78, 5) is 13.5. The van der Waals surface area contributed by atoms with E-state index in [-0.39, 0.29) is 0 Å². The lowest BCUT2D eigenvalue weighted by Gasteiger charge is -2.37. The normalized spacial score (nSPS) is 22.8. The van der Waals surface area contributed by atoms with Crippen LogP contribution in [0.3, 0.4) is 0 Å². The van der Waals surface area contributed by atoms with Crippen LogP contribution in [-0.2, 0) is 4.79 Å². The summed E-state index contributed by atoms with van der Waals surface area (Å²) in [6, 6.07) is 7.53. The zero-order valence-electron chi connectivity index (χ0n) is 12.7. The van der Waals surface area contributed by atoms with E-state index in [4.69, 9.17) is 9.47 Å². The van der Waals surface area contributed by atoms with Crippen LogP contribution in [0.2, 0.25) is 0 Å². The number of carboxylic acid groups (broad SMARTS) is 1. The summed E-state index contributed by atoms with van der Waals surface area (Å²) in [6.07, 6.45) is 1.66. The first kappa shape index (κ1) is 15.6. The fourth-order valence-electron chi connectivity index (χ4n) is 2.73. The van der Waals surface area contributed by atoms with Crippen molar-refractivity contribution in [1.29, 1.82) is 0 Å². The van der Waals surface area contributed by atoms with Crippen molar-refractivity contribution in [2.24, 2.45) is 5.41 Å². The van der Waals surface area contributed by atoms with Crippen molar-refractivity contribution in [2.75, 3.05) is 33.4 Å². The second-order valence-corrected chi connectivity index (χ2v) is 5.74. The molecule has 116 valence electrons. The molecule has 5 heteroatoms. The van der Waals surface area contributed by atoms with E-state index in [0.29, 0.717) is 18.9 Å². The first-order chi connectivity index (χ1) is 10.0. The molecule has 1 atom stereocenters. The number of hydrogen-bond donors (Lipinski definition) is 1. The second-order valence-electron chi connectivity index (χ2n) is 5.74. The molecule has 0 radical (unpaired) electrons. The summed E-state index contributed by atoms with van der Waals surface area (Å²) in [5, 5.41) is 9.31. The van der Waals surface area contributed by atoms with Crippen LogP contribution in [0.4, 0.5) is 0 Å². The number of benzene rings is 1. The lowest BCUT2D eigenvalue weighted by molar-refractivity contribution is -0.151. The maximum absolute atomic E-state index is 11.3. The van der Waals surface area contributed by atoms with Crippen LogP contribution in [0.25, 0.3) is 0 Å². The molecule has 1 aliphatic rings. The van der Waals surface area contributed by atoms with E-state index in [2.05, 4.69) is 4.90 Å². The van der Waals surface area contributed by atoms with Gasteiger partial charge in [0.15, 0.2) is 11.5 Å². The van der Waals surface area contributed by atoms with Gasteiger partial charge in [-0.2, -0.15) is 0 Å². The van der Waals surface area contributed by atoms with Gasteiger partial charge in [0.25, 0.3) is 0 Å². The third kappa shape index (κ3) is 3.88. The molecule has 0 aliphatic carbocycles. The SMILES string of the molecule is COc1ccccc1OCCN1CCCC(C)(C(=O)O)C1. The molecule has 5 nitrogen and oxygen atoms in total. The van der Waals surface area contributed by atoms with Gasteiger partial charge in [-0.05, 0) is 38.4 Å². The summed E-state index contributed by atoms with van der Waals surface area (Å²) in [5.41, 5.74) is -0.636. The van der Waals surface area contributed by atoms with Gasteiger partial charge in [-0.3, -0.25) is 9.69 Å². The number of piperidine rings is 1. The standard InChI is InChI=1S/C16H23NO4/c1-16(15(18)19)8-5-9-17(12-16)10-11-21-14-7-4-3-6-13(14)20-2/h3-4,6-7H,5,8-12H2,1-2H3,(H,18,19). The van der Waals surface area contributed by atoms with Crippen molar-refractivity contribution < 1.29 is 19.4 Å². The van der Waals surface area contributed by atoms with Crippen molar-refractivity contribution >= 4 is 5.97 Å². The Labute approximate surface area is 125 Å². The minimum atomic E-state index is -0.710. The number of rotatable bonds is 6. The average Bonchev–Trinajstić information content (AvgIpc) is 2.48. The predicted molar refractivity (Wildman–Crippen MR) is 79.9 cm³/mol. The number of carbonyl (C=O) groups is 1. The number of hydrogen-bond acceptors (Lipinski definition) is 4. The Bertz CT molecular complexity index is 491. The van der Waals surface area contributed by atoms with Gasteiger partial charge in [0.05, 0.1) is 12.5 Å².